The van der Waals surface area contributed by atoms with Crippen molar-refractivity contribution in [2.75, 3.05) is 13.1 Å². The molecule has 1 fully saturated rings. The van der Waals surface area contributed by atoms with Crippen molar-refractivity contribution < 1.29 is 5.11 Å². The van der Waals surface area contributed by atoms with E-state index in [1.165, 1.54) is 25.0 Å². The first-order chi connectivity index (χ1) is 10.9. The van der Waals surface area contributed by atoms with E-state index in [1.54, 1.807) is 0 Å². The number of rotatable bonds is 4. The Morgan fingerprint density at radius 3 is 2.30 bits per heavy atom. The standard InChI is InChI=1S/C17H29N.C2H4O.C2H4/c1-6-8-10-16(9-7-2)14-18-13-15(3)11-12-17(18,4)5;1-2-3;1-2/h6-10,15H,11-14H2,1-5H3;2-3H,1H2;1-2H2/b8-6-,9-7-,16-10+;;. The normalized spacial score (nSPS) is 21.3. The van der Waals surface area contributed by atoms with Crippen LogP contribution in [0.3, 0.4) is 0 Å². The fraction of sp³-hybridized carbons (Fsp3) is 0.524. The van der Waals surface area contributed by atoms with Gasteiger partial charge in [-0.25, -0.2) is 0 Å². The van der Waals surface area contributed by atoms with Gasteiger partial charge in [0.2, 0.25) is 0 Å². The average Bonchev–Trinajstić information content (AvgIpc) is 2.52. The molecule has 0 aromatic heterocycles. The van der Waals surface area contributed by atoms with E-state index in [1.807, 2.05) is 0 Å². The maximum atomic E-state index is 7.33. The van der Waals surface area contributed by atoms with E-state index in [0.717, 1.165) is 18.7 Å². The molecule has 1 heterocycles. The van der Waals surface area contributed by atoms with Gasteiger partial charge in [-0.1, -0.05) is 43.9 Å². The summed E-state index contributed by atoms with van der Waals surface area (Å²) >= 11 is 0. The third-order valence-electron chi connectivity index (χ3n) is 3.89. The van der Waals surface area contributed by atoms with Crippen LogP contribution in [0.15, 0.2) is 62.0 Å². The summed E-state index contributed by atoms with van der Waals surface area (Å²) in [5.74, 6) is 0.826. The molecule has 0 amide bonds. The smallest absolute Gasteiger partial charge is 0.0719 e. The molecule has 2 heteroatoms. The van der Waals surface area contributed by atoms with Gasteiger partial charge < -0.3 is 5.11 Å². The minimum absolute atomic E-state index is 0.336. The van der Waals surface area contributed by atoms with Crippen molar-refractivity contribution in [1.82, 2.24) is 4.90 Å². The van der Waals surface area contributed by atoms with Crippen molar-refractivity contribution in [2.45, 2.75) is 53.0 Å². The number of likely N-dealkylation sites (tertiary alicyclic amines) is 1. The van der Waals surface area contributed by atoms with Crippen molar-refractivity contribution in [1.29, 1.82) is 0 Å². The predicted molar refractivity (Wildman–Crippen MR) is 106 cm³/mol. The highest BCUT2D eigenvalue weighted by Crippen LogP contribution is 2.30. The number of hydrogen-bond donors (Lipinski definition) is 1. The van der Waals surface area contributed by atoms with Gasteiger partial charge in [0.25, 0.3) is 0 Å². The Kier molecular flexibility index (Phi) is 14.5. The van der Waals surface area contributed by atoms with Crippen LogP contribution in [0.5, 0.6) is 0 Å². The first kappa shape index (κ1) is 23.7. The molecule has 0 aromatic rings. The first-order valence-electron chi connectivity index (χ1n) is 8.36. The SMILES string of the molecule is C=C.C=CO.C\C=C/C=C(\C=C/C)CN1CC(C)CCC1(C)C. The third-order valence-corrected chi connectivity index (χ3v) is 3.89. The van der Waals surface area contributed by atoms with Crippen LogP contribution >= 0.6 is 0 Å². The molecule has 0 aromatic carbocycles. The average molecular weight is 320 g/mol. The highest BCUT2D eigenvalue weighted by molar-refractivity contribution is 5.25. The summed E-state index contributed by atoms with van der Waals surface area (Å²) in [6.07, 6.45) is 14.2. The van der Waals surface area contributed by atoms with Gasteiger partial charge >= 0.3 is 0 Å². The zero-order valence-corrected chi connectivity index (χ0v) is 15.9. The third kappa shape index (κ3) is 10.8. The molecule has 1 saturated heterocycles. The van der Waals surface area contributed by atoms with E-state index >= 15 is 0 Å². The Bertz CT molecular complexity index is 391. The molecular formula is C21H37NO. The molecule has 1 N–H and O–H groups in total. The van der Waals surface area contributed by atoms with Gasteiger partial charge in [0.1, 0.15) is 0 Å². The fourth-order valence-electron chi connectivity index (χ4n) is 2.57. The minimum atomic E-state index is 0.336. The maximum absolute atomic E-state index is 7.33. The second-order valence-electron chi connectivity index (χ2n) is 6.29. The molecule has 1 unspecified atom stereocenters. The topological polar surface area (TPSA) is 23.5 Å². The Balaban J connectivity index is 0. The Morgan fingerprint density at radius 2 is 1.83 bits per heavy atom. The lowest BCUT2D eigenvalue weighted by Crippen LogP contribution is -2.50. The van der Waals surface area contributed by atoms with Gasteiger partial charge in [0.15, 0.2) is 0 Å². The van der Waals surface area contributed by atoms with Gasteiger partial charge in [0.05, 0.1) is 6.26 Å². The molecule has 1 atom stereocenters. The van der Waals surface area contributed by atoms with Crippen molar-refractivity contribution in [3.05, 3.63) is 62.0 Å². The molecule has 0 bridgehead atoms. The molecule has 132 valence electrons. The highest BCUT2D eigenvalue weighted by Gasteiger charge is 2.32. The van der Waals surface area contributed by atoms with Gasteiger partial charge in [-0.05, 0) is 52.0 Å². The summed E-state index contributed by atoms with van der Waals surface area (Å²) in [5.41, 5.74) is 1.74. The quantitative estimate of drug-likeness (QED) is 0.386. The van der Waals surface area contributed by atoms with Crippen LogP contribution in [0.25, 0.3) is 0 Å². The summed E-state index contributed by atoms with van der Waals surface area (Å²) in [6.45, 7) is 22.5. The van der Waals surface area contributed by atoms with Crippen LogP contribution in [0.1, 0.15) is 47.5 Å². The van der Waals surface area contributed by atoms with Gasteiger partial charge in [-0.15, -0.1) is 13.2 Å². The molecule has 23 heavy (non-hydrogen) atoms. The largest absolute Gasteiger partial charge is 0.516 e. The molecule has 0 aliphatic carbocycles. The second kappa shape index (κ2) is 14.1. The van der Waals surface area contributed by atoms with Crippen LogP contribution in [0.4, 0.5) is 0 Å². The van der Waals surface area contributed by atoms with Gasteiger partial charge in [-0.3, -0.25) is 4.90 Å². The molecule has 1 rings (SSSR count). The molecule has 0 saturated carbocycles. The summed E-state index contributed by atoms with van der Waals surface area (Å²) in [7, 11) is 0. The number of aliphatic hydroxyl groups excluding tert-OH is 1. The summed E-state index contributed by atoms with van der Waals surface area (Å²) < 4.78 is 0. The maximum Gasteiger partial charge on any atom is 0.0719 e. The number of allylic oxidation sites excluding steroid dienone is 4. The number of aliphatic hydroxyl groups is 1. The second-order valence-corrected chi connectivity index (χ2v) is 6.29. The van der Waals surface area contributed by atoms with Crippen LogP contribution in [-0.4, -0.2) is 28.6 Å². The number of piperidine rings is 1. The zero-order valence-electron chi connectivity index (χ0n) is 15.9. The Morgan fingerprint density at radius 1 is 1.26 bits per heavy atom. The van der Waals surface area contributed by atoms with Gasteiger partial charge in [-0.2, -0.15) is 0 Å². The lowest BCUT2D eigenvalue weighted by atomic mass is 9.85. The van der Waals surface area contributed by atoms with E-state index in [0.29, 0.717) is 5.54 Å². The molecule has 0 spiro atoms. The van der Waals surface area contributed by atoms with E-state index < -0.39 is 0 Å². The van der Waals surface area contributed by atoms with Crippen LogP contribution in [-0.2, 0) is 0 Å². The predicted octanol–water partition coefficient (Wildman–Crippen LogP) is 6.07. The van der Waals surface area contributed by atoms with Crippen molar-refractivity contribution in [2.24, 2.45) is 5.92 Å². The fourth-order valence-corrected chi connectivity index (χ4v) is 2.57. The molecular weight excluding hydrogens is 282 g/mol. The molecule has 1 aliphatic heterocycles. The van der Waals surface area contributed by atoms with E-state index in [-0.39, 0.29) is 0 Å². The number of hydrogen-bond acceptors (Lipinski definition) is 2. The monoisotopic (exact) mass is 319 g/mol. The first-order valence-corrected chi connectivity index (χ1v) is 8.36. The minimum Gasteiger partial charge on any atom is -0.516 e. The van der Waals surface area contributed by atoms with Crippen LogP contribution < -0.4 is 0 Å². The zero-order chi connectivity index (χ0) is 18.3. The molecule has 0 radical (unpaired) electrons. The van der Waals surface area contributed by atoms with Crippen LogP contribution in [0, 0.1) is 5.92 Å². The lowest BCUT2D eigenvalue weighted by Gasteiger charge is -2.45. The summed E-state index contributed by atoms with van der Waals surface area (Å²) in [6, 6.07) is 0. The van der Waals surface area contributed by atoms with Crippen molar-refractivity contribution in [3.63, 3.8) is 0 Å². The van der Waals surface area contributed by atoms with Crippen molar-refractivity contribution >= 4 is 0 Å². The highest BCUT2D eigenvalue weighted by atomic mass is 16.2. The Hall–Kier alpha value is -1.54. The summed E-state index contributed by atoms with van der Waals surface area (Å²) in [4.78, 5) is 2.64. The molecule has 1 aliphatic rings. The van der Waals surface area contributed by atoms with Gasteiger partial charge in [0, 0.05) is 18.6 Å². The lowest BCUT2D eigenvalue weighted by molar-refractivity contribution is 0.0603. The Labute approximate surface area is 144 Å². The number of nitrogens with zero attached hydrogens (tertiary/aromatic N) is 1. The van der Waals surface area contributed by atoms with E-state index in [4.69, 9.17) is 5.11 Å². The summed E-state index contributed by atoms with van der Waals surface area (Å²) in [5, 5.41) is 7.33. The van der Waals surface area contributed by atoms with E-state index in [9.17, 15) is 0 Å². The van der Waals surface area contributed by atoms with Crippen molar-refractivity contribution in [3.8, 4) is 0 Å². The van der Waals surface area contributed by atoms with Crippen LogP contribution in [0.2, 0.25) is 0 Å². The van der Waals surface area contributed by atoms with E-state index in [2.05, 4.69) is 89.6 Å². The molecule has 2 nitrogen and oxygen atoms in total.